The minimum Gasteiger partial charge on any atom is -0.497 e. The third-order valence-corrected chi connectivity index (χ3v) is 4.39. The number of fused-ring (bicyclic) bond motifs is 1. The molecule has 0 unspecified atom stereocenters. The Bertz CT molecular complexity index is 683. The summed E-state index contributed by atoms with van der Waals surface area (Å²) in [7, 11) is -2.48. The van der Waals surface area contributed by atoms with Gasteiger partial charge in [-0.25, -0.2) is 0 Å². The summed E-state index contributed by atoms with van der Waals surface area (Å²) in [6.45, 7) is 6.86. The van der Waals surface area contributed by atoms with E-state index in [1.807, 2.05) is 39.0 Å². The normalized spacial score (nSPS) is 16.4. The molecule has 0 bridgehead atoms. The summed E-state index contributed by atoms with van der Waals surface area (Å²) in [6.07, 6.45) is 1.90. The van der Waals surface area contributed by atoms with Crippen LogP contribution in [-0.4, -0.2) is 37.9 Å². The van der Waals surface area contributed by atoms with Crippen molar-refractivity contribution in [2.45, 2.75) is 26.3 Å². The van der Waals surface area contributed by atoms with Gasteiger partial charge < -0.3 is 9.64 Å². The highest BCUT2D eigenvalue weighted by molar-refractivity contribution is 7.86. The molecule has 0 saturated heterocycles. The van der Waals surface area contributed by atoms with Crippen molar-refractivity contribution < 1.29 is 17.7 Å². The van der Waals surface area contributed by atoms with E-state index in [0.29, 0.717) is 5.57 Å². The van der Waals surface area contributed by atoms with Crippen molar-refractivity contribution in [2.24, 2.45) is 0 Å². The lowest BCUT2D eigenvalue weighted by Crippen LogP contribution is -2.45. The lowest BCUT2D eigenvalue weighted by molar-refractivity contribution is 0.414. The van der Waals surface area contributed by atoms with Gasteiger partial charge >= 0.3 is 0 Å². The van der Waals surface area contributed by atoms with Crippen molar-refractivity contribution in [3.8, 4) is 5.75 Å². The highest BCUT2D eigenvalue weighted by atomic mass is 35.5. The van der Waals surface area contributed by atoms with Gasteiger partial charge in [-0.3, -0.25) is 4.55 Å². The molecular weight excluding hydrogens is 326 g/mol. The van der Waals surface area contributed by atoms with Gasteiger partial charge in [0.1, 0.15) is 11.5 Å². The van der Waals surface area contributed by atoms with Crippen molar-refractivity contribution in [3.63, 3.8) is 0 Å². The third-order valence-electron chi connectivity index (χ3n) is 3.72. The molecule has 1 aliphatic heterocycles. The van der Waals surface area contributed by atoms with E-state index in [1.54, 1.807) is 13.2 Å². The van der Waals surface area contributed by atoms with Crippen LogP contribution in [0.3, 0.4) is 0 Å². The summed E-state index contributed by atoms with van der Waals surface area (Å²) >= 11 is 0. The van der Waals surface area contributed by atoms with E-state index < -0.39 is 10.1 Å². The number of rotatable bonds is 4. The van der Waals surface area contributed by atoms with Crippen molar-refractivity contribution in [1.29, 1.82) is 0 Å². The highest BCUT2D eigenvalue weighted by Gasteiger charge is 2.32. The van der Waals surface area contributed by atoms with Gasteiger partial charge in [-0.1, -0.05) is 6.08 Å². The summed E-state index contributed by atoms with van der Waals surface area (Å²) in [5.74, 6) is 0.337. The Morgan fingerprint density at radius 3 is 2.45 bits per heavy atom. The average Bonchev–Trinajstić information content (AvgIpc) is 2.35. The van der Waals surface area contributed by atoms with Gasteiger partial charge in [0.05, 0.1) is 12.6 Å². The Kier molecular flexibility index (Phi) is 5.54. The predicted octanol–water partition coefficient (Wildman–Crippen LogP) is 3.01. The van der Waals surface area contributed by atoms with E-state index in [-0.39, 0.29) is 23.7 Å². The average molecular weight is 348 g/mol. The Morgan fingerprint density at radius 1 is 1.32 bits per heavy atom. The Morgan fingerprint density at radius 2 is 1.95 bits per heavy atom. The quantitative estimate of drug-likeness (QED) is 0.848. The zero-order chi connectivity index (χ0) is 15.8. The number of benzene rings is 1. The number of ether oxygens (including phenoxy) is 1. The van der Waals surface area contributed by atoms with Gasteiger partial charge in [-0.2, -0.15) is 8.42 Å². The van der Waals surface area contributed by atoms with Crippen molar-refractivity contribution in [2.75, 3.05) is 24.3 Å². The van der Waals surface area contributed by atoms with Gasteiger partial charge in [0.2, 0.25) is 0 Å². The van der Waals surface area contributed by atoms with Crippen LogP contribution in [0.15, 0.2) is 24.3 Å². The largest absolute Gasteiger partial charge is 0.497 e. The number of likely N-dealkylation sites (N-methyl/N-ethyl adjacent to an activating group) is 1. The first-order valence-corrected chi connectivity index (χ1v) is 8.42. The summed E-state index contributed by atoms with van der Waals surface area (Å²) in [4.78, 5) is 2.18. The maximum absolute atomic E-state index is 11.3. The van der Waals surface area contributed by atoms with Crippen LogP contribution in [0.5, 0.6) is 5.75 Å². The van der Waals surface area contributed by atoms with Gasteiger partial charge in [0, 0.05) is 23.9 Å². The minimum absolute atomic E-state index is 0. The standard InChI is InChI=1S/C15H21NO4S.ClH/c1-5-16-14-8-12(20-4)6-7-13(14)11(9-15(16,2)3)10-21(17,18)19;/h6-9H,5,10H2,1-4H3,(H,17,18,19);1H. The fraction of sp³-hybridized carbons (Fsp3) is 0.467. The van der Waals surface area contributed by atoms with Crippen LogP contribution in [-0.2, 0) is 10.1 Å². The maximum Gasteiger partial charge on any atom is 0.269 e. The molecule has 0 aromatic heterocycles. The van der Waals surface area contributed by atoms with E-state index in [9.17, 15) is 13.0 Å². The van der Waals surface area contributed by atoms with Gasteiger partial charge in [-0.05, 0) is 38.5 Å². The molecule has 1 aliphatic rings. The van der Waals surface area contributed by atoms with Gasteiger partial charge in [-0.15, -0.1) is 12.4 Å². The second-order valence-electron chi connectivity index (χ2n) is 5.68. The van der Waals surface area contributed by atoms with Crippen LogP contribution in [0.2, 0.25) is 0 Å². The second kappa shape index (κ2) is 6.48. The number of anilines is 1. The Hall–Kier alpha value is -1.24. The predicted molar refractivity (Wildman–Crippen MR) is 91.7 cm³/mol. The topological polar surface area (TPSA) is 66.8 Å². The molecule has 5 nitrogen and oxygen atoms in total. The van der Waals surface area contributed by atoms with E-state index in [0.717, 1.165) is 23.5 Å². The Labute approximate surface area is 138 Å². The van der Waals surface area contributed by atoms with Crippen LogP contribution in [0, 0.1) is 0 Å². The molecule has 0 amide bonds. The summed E-state index contributed by atoms with van der Waals surface area (Å²) < 4.78 is 37.0. The van der Waals surface area contributed by atoms with Gasteiger partial charge in [0.25, 0.3) is 10.1 Å². The monoisotopic (exact) mass is 347 g/mol. The van der Waals surface area contributed by atoms with E-state index in [2.05, 4.69) is 4.90 Å². The molecule has 0 saturated carbocycles. The van der Waals surface area contributed by atoms with E-state index >= 15 is 0 Å². The molecule has 7 heteroatoms. The molecule has 1 aromatic carbocycles. The second-order valence-corrected chi connectivity index (χ2v) is 7.13. The number of halogens is 1. The molecule has 1 aromatic rings. The van der Waals surface area contributed by atoms with Crippen LogP contribution in [0.4, 0.5) is 5.69 Å². The van der Waals surface area contributed by atoms with Crippen molar-refractivity contribution >= 4 is 33.8 Å². The first-order valence-electron chi connectivity index (χ1n) is 6.81. The molecule has 0 spiro atoms. The number of hydrogen-bond donors (Lipinski definition) is 1. The molecule has 124 valence electrons. The SMILES string of the molecule is CCN1c2cc(OC)ccc2C(CS(=O)(=O)O)=CC1(C)C.Cl. The molecular formula is C15H22ClNO4S. The van der Waals surface area contributed by atoms with Crippen LogP contribution in [0.25, 0.3) is 5.57 Å². The first kappa shape index (κ1) is 18.8. The summed E-state index contributed by atoms with van der Waals surface area (Å²) in [5, 5.41) is 0. The molecule has 0 aliphatic carbocycles. The molecule has 2 rings (SSSR count). The Balaban J connectivity index is 0.00000242. The first-order chi connectivity index (χ1) is 9.68. The van der Waals surface area contributed by atoms with Crippen LogP contribution >= 0.6 is 12.4 Å². The fourth-order valence-electron chi connectivity index (χ4n) is 2.92. The van der Waals surface area contributed by atoms with Gasteiger partial charge in [0.15, 0.2) is 0 Å². The minimum atomic E-state index is -4.07. The fourth-order valence-corrected chi connectivity index (χ4v) is 3.55. The summed E-state index contributed by atoms with van der Waals surface area (Å²) in [5.41, 5.74) is 2.01. The zero-order valence-corrected chi connectivity index (χ0v) is 14.8. The van der Waals surface area contributed by atoms with E-state index in [1.165, 1.54) is 0 Å². The molecule has 1 N–H and O–H groups in total. The van der Waals surface area contributed by atoms with Crippen molar-refractivity contribution in [3.05, 3.63) is 29.8 Å². The number of nitrogens with zero attached hydrogens (tertiary/aromatic N) is 1. The third kappa shape index (κ3) is 3.74. The summed E-state index contributed by atoms with van der Waals surface area (Å²) in [6, 6.07) is 5.53. The molecule has 1 heterocycles. The lowest BCUT2D eigenvalue weighted by Gasteiger charge is -2.43. The molecule has 0 fully saturated rings. The molecule has 0 atom stereocenters. The lowest BCUT2D eigenvalue weighted by atomic mass is 9.88. The number of methoxy groups -OCH3 is 1. The van der Waals surface area contributed by atoms with Crippen LogP contribution in [0.1, 0.15) is 26.3 Å². The van der Waals surface area contributed by atoms with Crippen molar-refractivity contribution in [1.82, 2.24) is 0 Å². The zero-order valence-electron chi connectivity index (χ0n) is 13.2. The maximum atomic E-state index is 11.3. The molecule has 22 heavy (non-hydrogen) atoms. The van der Waals surface area contributed by atoms with E-state index in [4.69, 9.17) is 4.74 Å². The highest BCUT2D eigenvalue weighted by Crippen LogP contribution is 2.41. The smallest absolute Gasteiger partial charge is 0.269 e. The van der Waals surface area contributed by atoms with Crippen LogP contribution < -0.4 is 9.64 Å². The number of hydrogen-bond acceptors (Lipinski definition) is 4. The molecule has 0 radical (unpaired) electrons.